The van der Waals surface area contributed by atoms with E-state index in [9.17, 15) is 4.79 Å². The van der Waals surface area contributed by atoms with E-state index >= 15 is 0 Å². The van der Waals surface area contributed by atoms with E-state index in [0.29, 0.717) is 47.7 Å². The minimum atomic E-state index is -0.377. The number of amides is 2. The van der Waals surface area contributed by atoms with Crippen LogP contribution in [0, 0.1) is 0 Å². The summed E-state index contributed by atoms with van der Waals surface area (Å²) in [6, 6.07) is 17.5. The maximum absolute atomic E-state index is 12.4. The molecule has 2 aromatic heterocycles. The Kier molecular flexibility index (Phi) is 6.38. The predicted molar refractivity (Wildman–Crippen MR) is 131 cm³/mol. The van der Waals surface area contributed by atoms with Crippen LogP contribution in [0.25, 0.3) is 11.3 Å². The molecule has 0 saturated heterocycles. The second-order valence-corrected chi connectivity index (χ2v) is 7.63. The van der Waals surface area contributed by atoms with Crippen LogP contribution in [0.2, 0.25) is 0 Å². The summed E-state index contributed by atoms with van der Waals surface area (Å²) in [5, 5.41) is 5.59. The molecule has 0 radical (unpaired) electrons. The van der Waals surface area contributed by atoms with E-state index in [2.05, 4.69) is 25.6 Å². The van der Waals surface area contributed by atoms with Crippen molar-refractivity contribution in [1.82, 2.24) is 15.0 Å². The zero-order chi connectivity index (χ0) is 24.0. The van der Waals surface area contributed by atoms with Crippen molar-refractivity contribution in [3.63, 3.8) is 0 Å². The number of pyridine rings is 1. The fraction of sp³-hybridized carbons (Fsp3) is 0.154. The summed E-state index contributed by atoms with van der Waals surface area (Å²) in [7, 11) is 0. The first kappa shape index (κ1) is 22.1. The number of urea groups is 1. The molecule has 2 aromatic carbocycles. The molecule has 4 aromatic rings. The Hall–Kier alpha value is -4.66. The molecule has 0 fully saturated rings. The van der Waals surface area contributed by atoms with Gasteiger partial charge in [-0.2, -0.15) is 0 Å². The molecule has 3 heterocycles. The fourth-order valence-electron chi connectivity index (χ4n) is 3.52. The molecule has 0 bridgehead atoms. The molecule has 9 nitrogen and oxygen atoms in total. The Bertz CT molecular complexity index is 1340. The van der Waals surface area contributed by atoms with Crippen molar-refractivity contribution in [3.8, 4) is 34.4 Å². The van der Waals surface area contributed by atoms with Gasteiger partial charge in [-0.15, -0.1) is 0 Å². The third-order valence-corrected chi connectivity index (χ3v) is 5.20. The van der Waals surface area contributed by atoms with Gasteiger partial charge in [0.15, 0.2) is 11.5 Å². The third kappa shape index (κ3) is 5.30. The average molecular weight is 470 g/mol. The second-order valence-electron chi connectivity index (χ2n) is 7.63. The number of benzene rings is 2. The van der Waals surface area contributed by atoms with Gasteiger partial charge in [0, 0.05) is 36.3 Å². The minimum Gasteiger partial charge on any atom is -0.486 e. The maximum atomic E-state index is 12.4. The number of carbonyl (C=O) groups excluding carboxylic acids is 1. The predicted octanol–water partition coefficient (Wildman–Crippen LogP) is 5.31. The van der Waals surface area contributed by atoms with Crippen molar-refractivity contribution in [2.24, 2.45) is 0 Å². The molecule has 176 valence electrons. The quantitative estimate of drug-likeness (QED) is 0.394. The topological polar surface area (TPSA) is 107 Å². The van der Waals surface area contributed by atoms with E-state index in [-0.39, 0.29) is 6.03 Å². The Morgan fingerprint density at radius 1 is 0.914 bits per heavy atom. The van der Waals surface area contributed by atoms with Crippen LogP contribution < -0.4 is 24.8 Å². The lowest BCUT2D eigenvalue weighted by Gasteiger charge is -2.19. The van der Waals surface area contributed by atoms with Gasteiger partial charge in [-0.05, 0) is 54.6 Å². The summed E-state index contributed by atoms with van der Waals surface area (Å²) in [4.78, 5) is 25.6. The molecule has 5 rings (SSSR count). The Morgan fingerprint density at radius 3 is 2.51 bits per heavy atom. The summed E-state index contributed by atoms with van der Waals surface area (Å²) in [5.41, 5.74) is 2.72. The average Bonchev–Trinajstić information content (AvgIpc) is 2.90. The van der Waals surface area contributed by atoms with Crippen molar-refractivity contribution in [2.75, 3.05) is 23.8 Å². The summed E-state index contributed by atoms with van der Waals surface area (Å²) >= 11 is 0. The first-order valence-corrected chi connectivity index (χ1v) is 11.2. The van der Waals surface area contributed by atoms with Crippen molar-refractivity contribution in [3.05, 3.63) is 78.9 Å². The molecule has 1 aliphatic rings. The van der Waals surface area contributed by atoms with Crippen molar-refractivity contribution in [2.45, 2.75) is 13.3 Å². The highest BCUT2D eigenvalue weighted by Crippen LogP contribution is 2.33. The molecule has 35 heavy (non-hydrogen) atoms. The zero-order valence-corrected chi connectivity index (χ0v) is 19.0. The number of anilines is 2. The SMILES string of the molecule is CCc1nccc(-c2cccnc2Oc2ccc(NC(=O)Nc3ccc4c(c3)OCCO4)cc2)n1. The summed E-state index contributed by atoms with van der Waals surface area (Å²) < 4.78 is 17.1. The first-order valence-electron chi connectivity index (χ1n) is 11.2. The summed E-state index contributed by atoms with van der Waals surface area (Å²) in [5.74, 6) is 3.04. The van der Waals surface area contributed by atoms with Crippen LogP contribution in [0.4, 0.5) is 16.2 Å². The van der Waals surface area contributed by atoms with E-state index in [0.717, 1.165) is 23.5 Å². The monoisotopic (exact) mass is 469 g/mol. The molecule has 0 spiro atoms. The summed E-state index contributed by atoms with van der Waals surface area (Å²) in [6.07, 6.45) is 4.13. The lowest BCUT2D eigenvalue weighted by molar-refractivity contribution is 0.171. The Morgan fingerprint density at radius 2 is 1.69 bits per heavy atom. The van der Waals surface area contributed by atoms with Crippen molar-refractivity contribution in [1.29, 1.82) is 0 Å². The van der Waals surface area contributed by atoms with Gasteiger partial charge in [-0.3, -0.25) is 0 Å². The molecular weight excluding hydrogens is 446 g/mol. The third-order valence-electron chi connectivity index (χ3n) is 5.20. The van der Waals surface area contributed by atoms with Gasteiger partial charge in [0.2, 0.25) is 5.88 Å². The number of nitrogens with one attached hydrogen (secondary N) is 2. The minimum absolute atomic E-state index is 0.377. The molecule has 1 aliphatic heterocycles. The lowest BCUT2D eigenvalue weighted by Crippen LogP contribution is -2.20. The van der Waals surface area contributed by atoms with Crippen LogP contribution in [-0.4, -0.2) is 34.2 Å². The highest BCUT2D eigenvalue weighted by molar-refractivity contribution is 6.00. The normalized spacial score (nSPS) is 12.0. The number of rotatable bonds is 6. The molecule has 2 N–H and O–H groups in total. The smallest absolute Gasteiger partial charge is 0.323 e. The van der Waals surface area contributed by atoms with E-state index in [1.54, 1.807) is 54.9 Å². The molecule has 0 unspecified atom stereocenters. The van der Waals surface area contributed by atoms with Gasteiger partial charge in [0.1, 0.15) is 24.8 Å². The highest BCUT2D eigenvalue weighted by Gasteiger charge is 2.14. The summed E-state index contributed by atoms with van der Waals surface area (Å²) in [6.45, 7) is 3.00. The highest BCUT2D eigenvalue weighted by atomic mass is 16.6. The van der Waals surface area contributed by atoms with Crippen molar-refractivity contribution < 1.29 is 19.0 Å². The lowest BCUT2D eigenvalue weighted by atomic mass is 10.2. The molecule has 0 saturated carbocycles. The van der Waals surface area contributed by atoms with Crippen LogP contribution in [0.1, 0.15) is 12.7 Å². The second kappa shape index (κ2) is 10.1. The first-order chi connectivity index (χ1) is 17.2. The van der Waals surface area contributed by atoms with E-state index < -0.39 is 0 Å². The number of hydrogen-bond acceptors (Lipinski definition) is 7. The number of ether oxygens (including phenoxy) is 3. The number of aryl methyl sites for hydroxylation is 1. The van der Waals surface area contributed by atoms with Gasteiger partial charge in [-0.25, -0.2) is 19.7 Å². The molecular formula is C26H23N5O4. The fourth-order valence-corrected chi connectivity index (χ4v) is 3.52. The standard InChI is InChI=1S/C26H23N5O4/c1-2-24-27-13-11-21(31-24)20-4-3-12-28-25(20)35-19-8-5-17(6-9-19)29-26(32)30-18-7-10-22-23(16-18)34-15-14-33-22/h3-13,16H,2,14-15H2,1H3,(H2,29,30,32). The number of hydrogen-bond donors (Lipinski definition) is 2. The molecule has 0 atom stereocenters. The van der Waals surface area contributed by atoms with Gasteiger partial charge in [-0.1, -0.05) is 6.92 Å². The Labute approximate surface area is 202 Å². The zero-order valence-electron chi connectivity index (χ0n) is 19.0. The van der Waals surface area contributed by atoms with Crippen LogP contribution in [0.5, 0.6) is 23.1 Å². The number of nitrogens with zero attached hydrogens (tertiary/aromatic N) is 3. The van der Waals surface area contributed by atoms with Gasteiger partial charge in [0.25, 0.3) is 0 Å². The van der Waals surface area contributed by atoms with Crippen LogP contribution >= 0.6 is 0 Å². The van der Waals surface area contributed by atoms with Crippen LogP contribution in [-0.2, 0) is 6.42 Å². The Balaban J connectivity index is 1.24. The molecule has 9 heteroatoms. The van der Waals surface area contributed by atoms with Gasteiger partial charge >= 0.3 is 6.03 Å². The maximum Gasteiger partial charge on any atom is 0.323 e. The van der Waals surface area contributed by atoms with E-state index in [4.69, 9.17) is 14.2 Å². The van der Waals surface area contributed by atoms with Gasteiger partial charge in [0.05, 0.1) is 11.3 Å². The number of fused-ring (bicyclic) bond motifs is 1. The van der Waals surface area contributed by atoms with Crippen molar-refractivity contribution >= 4 is 17.4 Å². The van der Waals surface area contributed by atoms with E-state index in [1.165, 1.54) is 0 Å². The largest absolute Gasteiger partial charge is 0.486 e. The number of carbonyl (C=O) groups is 1. The molecule has 2 amide bonds. The van der Waals surface area contributed by atoms with E-state index in [1.807, 2.05) is 25.1 Å². The van der Waals surface area contributed by atoms with Crippen LogP contribution in [0.15, 0.2) is 73.1 Å². The van der Waals surface area contributed by atoms with Crippen LogP contribution in [0.3, 0.4) is 0 Å². The number of aromatic nitrogens is 3. The molecule has 0 aliphatic carbocycles. The van der Waals surface area contributed by atoms with Gasteiger partial charge < -0.3 is 24.8 Å².